The number of ether oxygens (including phenoxy) is 1. The maximum atomic E-state index is 12.5. The smallest absolute Gasteiger partial charge is 0.313 e. The minimum Gasteiger partial charge on any atom is -0.443 e. The van der Waals surface area contributed by atoms with Crippen molar-refractivity contribution >= 4 is 41.0 Å². The Kier molecular flexibility index (Phi) is 4.84. The van der Waals surface area contributed by atoms with Crippen LogP contribution in [-0.2, 0) is 14.3 Å². The number of hydrogen-bond donors (Lipinski definition) is 0. The van der Waals surface area contributed by atoms with Gasteiger partial charge < -0.3 is 9.64 Å². The maximum absolute atomic E-state index is 12.5. The first-order valence-electron chi connectivity index (χ1n) is 9.05. The number of anilines is 1. The topological polar surface area (TPSA) is 84.0 Å². The molecule has 0 radical (unpaired) electrons. The van der Waals surface area contributed by atoms with E-state index in [0.717, 1.165) is 10.5 Å². The van der Waals surface area contributed by atoms with Gasteiger partial charge in [-0.05, 0) is 36.8 Å². The van der Waals surface area contributed by atoms with Crippen molar-refractivity contribution in [1.82, 2.24) is 4.90 Å². The number of carbonyl (C=O) groups is 4. The third-order valence-corrected chi connectivity index (χ3v) is 5.55. The maximum Gasteiger partial charge on any atom is 0.313 e. The van der Waals surface area contributed by atoms with Gasteiger partial charge in [0.1, 0.15) is 0 Å². The average molecular weight is 413 g/mol. The number of nitrogens with zero attached hydrogens (tertiary/aromatic N) is 2. The lowest BCUT2D eigenvalue weighted by atomic mass is 10.1. The zero-order valence-electron chi connectivity index (χ0n) is 15.6. The van der Waals surface area contributed by atoms with Gasteiger partial charge in [0.25, 0.3) is 11.8 Å². The number of imide groups is 1. The molecule has 0 unspecified atom stereocenters. The van der Waals surface area contributed by atoms with Crippen LogP contribution in [-0.4, -0.2) is 41.9 Å². The zero-order chi connectivity index (χ0) is 20.7. The predicted octanol–water partition coefficient (Wildman–Crippen LogP) is 2.80. The molecule has 2 aliphatic rings. The molecule has 2 aromatic carbocycles. The number of esters is 1. The normalized spacial score (nSPS) is 18.4. The Morgan fingerprint density at radius 2 is 1.76 bits per heavy atom. The molecule has 29 heavy (non-hydrogen) atoms. The van der Waals surface area contributed by atoms with Crippen LogP contribution in [0, 0.1) is 12.8 Å². The van der Waals surface area contributed by atoms with E-state index in [0.29, 0.717) is 10.7 Å². The molecule has 7 nitrogen and oxygen atoms in total. The van der Waals surface area contributed by atoms with Crippen LogP contribution in [0.25, 0.3) is 0 Å². The second-order valence-corrected chi connectivity index (χ2v) is 7.42. The van der Waals surface area contributed by atoms with Crippen LogP contribution in [0.2, 0.25) is 5.02 Å². The molecule has 0 aliphatic carbocycles. The van der Waals surface area contributed by atoms with Crippen molar-refractivity contribution in [3.63, 3.8) is 0 Å². The summed E-state index contributed by atoms with van der Waals surface area (Å²) in [7, 11) is 0. The summed E-state index contributed by atoms with van der Waals surface area (Å²) < 4.78 is 5.20. The standard InChI is InChI=1S/C21H17ClN2O5/c1-12-6-7-14(9-17(12)22)23-10-13(8-18(23)25)21(28)29-11-24-19(26)15-4-2-3-5-16(15)20(24)27/h2-7,9,13H,8,10-11H2,1H3/t13-/m0/s1. The Labute approximate surface area is 171 Å². The fourth-order valence-electron chi connectivity index (χ4n) is 3.47. The van der Waals surface area contributed by atoms with Crippen LogP contribution in [0.15, 0.2) is 42.5 Å². The summed E-state index contributed by atoms with van der Waals surface area (Å²) in [5, 5.41) is 0.534. The van der Waals surface area contributed by atoms with E-state index in [1.807, 2.05) is 6.92 Å². The molecule has 0 N–H and O–H groups in total. The van der Waals surface area contributed by atoms with E-state index >= 15 is 0 Å². The Morgan fingerprint density at radius 3 is 2.38 bits per heavy atom. The first-order valence-corrected chi connectivity index (χ1v) is 9.43. The summed E-state index contributed by atoms with van der Waals surface area (Å²) in [6.45, 7) is 1.53. The second kappa shape index (κ2) is 7.33. The molecule has 1 saturated heterocycles. The highest BCUT2D eigenvalue weighted by atomic mass is 35.5. The number of amides is 3. The number of fused-ring (bicyclic) bond motifs is 1. The fourth-order valence-corrected chi connectivity index (χ4v) is 3.64. The molecule has 0 aromatic heterocycles. The third kappa shape index (κ3) is 3.38. The van der Waals surface area contributed by atoms with E-state index in [-0.39, 0.29) is 30.0 Å². The Hall–Kier alpha value is -3.19. The number of carbonyl (C=O) groups excluding carboxylic acids is 4. The van der Waals surface area contributed by atoms with Gasteiger partial charge in [0, 0.05) is 23.7 Å². The van der Waals surface area contributed by atoms with E-state index in [1.165, 1.54) is 4.90 Å². The van der Waals surface area contributed by atoms with Crippen LogP contribution < -0.4 is 4.90 Å². The number of aryl methyl sites for hydroxylation is 1. The van der Waals surface area contributed by atoms with Crippen molar-refractivity contribution < 1.29 is 23.9 Å². The number of hydrogen-bond acceptors (Lipinski definition) is 5. The van der Waals surface area contributed by atoms with E-state index in [2.05, 4.69) is 0 Å². The van der Waals surface area contributed by atoms with E-state index in [4.69, 9.17) is 16.3 Å². The molecule has 1 fully saturated rings. The first kappa shape index (κ1) is 19.1. The quantitative estimate of drug-likeness (QED) is 0.569. The molecule has 4 rings (SSSR count). The summed E-state index contributed by atoms with van der Waals surface area (Å²) in [5.41, 5.74) is 2.07. The van der Waals surface area contributed by atoms with Crippen LogP contribution in [0.3, 0.4) is 0 Å². The van der Waals surface area contributed by atoms with Crippen LogP contribution in [0.1, 0.15) is 32.7 Å². The number of rotatable bonds is 4. The van der Waals surface area contributed by atoms with Crippen molar-refractivity contribution in [2.75, 3.05) is 18.2 Å². The van der Waals surface area contributed by atoms with E-state index < -0.39 is 30.4 Å². The molecular weight excluding hydrogens is 396 g/mol. The molecule has 1 atom stereocenters. The zero-order valence-corrected chi connectivity index (χ0v) is 16.3. The lowest BCUT2D eigenvalue weighted by Gasteiger charge is -2.18. The summed E-state index contributed by atoms with van der Waals surface area (Å²) in [6, 6.07) is 11.7. The van der Waals surface area contributed by atoms with Gasteiger partial charge in [0.05, 0.1) is 17.0 Å². The Morgan fingerprint density at radius 1 is 1.10 bits per heavy atom. The molecule has 0 saturated carbocycles. The SMILES string of the molecule is Cc1ccc(N2C[C@@H](C(=O)OCN3C(=O)c4ccccc4C3=O)CC2=O)cc1Cl. The van der Waals surface area contributed by atoms with E-state index in [1.54, 1.807) is 42.5 Å². The molecule has 8 heteroatoms. The summed E-state index contributed by atoms with van der Waals surface area (Å²) in [4.78, 5) is 51.8. The molecule has 0 spiro atoms. The third-order valence-electron chi connectivity index (χ3n) is 5.14. The summed E-state index contributed by atoms with van der Waals surface area (Å²) in [5.74, 6) is -2.53. The van der Waals surface area contributed by atoms with Crippen LogP contribution in [0.5, 0.6) is 0 Å². The van der Waals surface area contributed by atoms with Gasteiger partial charge in [-0.2, -0.15) is 0 Å². The van der Waals surface area contributed by atoms with Crippen LogP contribution >= 0.6 is 11.6 Å². The van der Waals surface area contributed by atoms with Crippen molar-refractivity contribution in [2.45, 2.75) is 13.3 Å². The number of benzene rings is 2. The number of halogens is 1. The van der Waals surface area contributed by atoms with Gasteiger partial charge in [0.2, 0.25) is 5.91 Å². The van der Waals surface area contributed by atoms with E-state index in [9.17, 15) is 19.2 Å². The Bertz CT molecular complexity index is 1020. The highest BCUT2D eigenvalue weighted by molar-refractivity contribution is 6.31. The molecule has 3 amide bonds. The molecule has 148 valence electrons. The first-order chi connectivity index (χ1) is 13.9. The highest BCUT2D eigenvalue weighted by Gasteiger charge is 2.39. The molecule has 0 bridgehead atoms. The minimum atomic E-state index is -0.683. The lowest BCUT2D eigenvalue weighted by Crippen LogP contribution is -2.35. The van der Waals surface area contributed by atoms with Crippen molar-refractivity contribution in [3.8, 4) is 0 Å². The molecule has 2 heterocycles. The van der Waals surface area contributed by atoms with Gasteiger partial charge >= 0.3 is 5.97 Å². The van der Waals surface area contributed by atoms with Crippen LogP contribution in [0.4, 0.5) is 5.69 Å². The summed E-state index contributed by atoms with van der Waals surface area (Å²) in [6.07, 6.45) is -0.00749. The van der Waals surface area contributed by atoms with Gasteiger partial charge in [-0.3, -0.25) is 19.2 Å². The van der Waals surface area contributed by atoms with Gasteiger partial charge in [-0.15, -0.1) is 0 Å². The summed E-state index contributed by atoms with van der Waals surface area (Å²) >= 11 is 6.13. The average Bonchev–Trinajstić information content (AvgIpc) is 3.21. The molecule has 2 aliphatic heterocycles. The van der Waals surface area contributed by atoms with Crippen molar-refractivity contribution in [3.05, 3.63) is 64.2 Å². The lowest BCUT2D eigenvalue weighted by molar-refractivity contribution is -0.151. The molecule has 2 aromatic rings. The van der Waals surface area contributed by atoms with Crippen molar-refractivity contribution in [2.24, 2.45) is 5.92 Å². The van der Waals surface area contributed by atoms with Gasteiger partial charge in [-0.1, -0.05) is 29.8 Å². The predicted molar refractivity (Wildman–Crippen MR) is 105 cm³/mol. The minimum absolute atomic E-state index is 0.00749. The Balaban J connectivity index is 1.40. The van der Waals surface area contributed by atoms with Crippen molar-refractivity contribution in [1.29, 1.82) is 0 Å². The van der Waals surface area contributed by atoms with Gasteiger partial charge in [0.15, 0.2) is 6.73 Å². The largest absolute Gasteiger partial charge is 0.443 e. The fraction of sp³-hybridized carbons (Fsp3) is 0.238. The molecular formula is C21H17ClN2O5. The highest BCUT2D eigenvalue weighted by Crippen LogP contribution is 2.29. The second-order valence-electron chi connectivity index (χ2n) is 7.02. The van der Waals surface area contributed by atoms with Gasteiger partial charge in [-0.25, -0.2) is 4.90 Å². The monoisotopic (exact) mass is 412 g/mol.